The minimum Gasteiger partial charge on any atom is -0.302 e. The van der Waals surface area contributed by atoms with Gasteiger partial charge in [-0.1, -0.05) is 30.3 Å². The maximum absolute atomic E-state index is 11.9. The Labute approximate surface area is 154 Å². The van der Waals surface area contributed by atoms with Gasteiger partial charge in [-0.15, -0.1) is 10.2 Å². The lowest BCUT2D eigenvalue weighted by molar-refractivity contribution is -0.384. The number of carbonyl (C=O) groups is 1. The number of nitro groups is 1. The molecule has 0 N–H and O–H groups in total. The lowest BCUT2D eigenvalue weighted by Gasteiger charge is -2.09. The third-order valence-electron chi connectivity index (χ3n) is 3.82. The van der Waals surface area contributed by atoms with Crippen molar-refractivity contribution in [3.63, 3.8) is 0 Å². The van der Waals surface area contributed by atoms with Crippen molar-refractivity contribution in [3.05, 3.63) is 64.2 Å². The molecule has 3 aromatic rings. The van der Waals surface area contributed by atoms with Crippen LogP contribution in [0.4, 0.5) is 5.69 Å². The molecule has 132 valence electrons. The smallest absolute Gasteiger partial charge is 0.270 e. The Bertz CT molecular complexity index is 970. The number of Topliss-reactive ketones (excluding diaryl/α,β-unsaturated/α-hetero) is 1. The SMILES string of the molecule is CCn1c(Sc2ccc([N+](=O)[O-])cc2C(C)=O)nnc1-c1ccccc1. The molecule has 0 aliphatic heterocycles. The predicted octanol–water partition coefficient (Wildman–Crippen LogP) is 4.23. The highest BCUT2D eigenvalue weighted by atomic mass is 32.2. The van der Waals surface area contributed by atoms with Gasteiger partial charge in [0.2, 0.25) is 0 Å². The minimum atomic E-state index is -0.511. The zero-order valence-electron chi connectivity index (χ0n) is 14.2. The highest BCUT2D eigenvalue weighted by molar-refractivity contribution is 7.99. The van der Waals surface area contributed by atoms with E-state index in [4.69, 9.17) is 0 Å². The number of rotatable bonds is 6. The van der Waals surface area contributed by atoms with Crippen LogP contribution in [0.1, 0.15) is 24.2 Å². The fraction of sp³-hybridized carbons (Fsp3) is 0.167. The van der Waals surface area contributed by atoms with Crippen molar-refractivity contribution < 1.29 is 9.72 Å². The molecule has 8 heteroatoms. The first kappa shape index (κ1) is 17.8. The van der Waals surface area contributed by atoms with E-state index >= 15 is 0 Å². The van der Waals surface area contributed by atoms with Crippen LogP contribution in [0.5, 0.6) is 0 Å². The molecule has 0 spiro atoms. The summed E-state index contributed by atoms with van der Waals surface area (Å²) in [5.41, 5.74) is 1.14. The summed E-state index contributed by atoms with van der Waals surface area (Å²) < 4.78 is 1.95. The van der Waals surface area contributed by atoms with Crippen LogP contribution in [0, 0.1) is 10.1 Å². The molecule has 26 heavy (non-hydrogen) atoms. The molecule has 0 amide bonds. The average Bonchev–Trinajstić information content (AvgIpc) is 3.05. The monoisotopic (exact) mass is 368 g/mol. The second kappa shape index (κ2) is 7.49. The summed E-state index contributed by atoms with van der Waals surface area (Å²) in [7, 11) is 0. The Balaban J connectivity index is 2.01. The number of hydrogen-bond acceptors (Lipinski definition) is 6. The molecule has 0 saturated heterocycles. The molecule has 3 rings (SSSR count). The van der Waals surface area contributed by atoms with Crippen LogP contribution in [0.15, 0.2) is 58.6 Å². The van der Waals surface area contributed by atoms with Gasteiger partial charge in [0.1, 0.15) is 0 Å². The molecular weight excluding hydrogens is 352 g/mol. The van der Waals surface area contributed by atoms with E-state index in [2.05, 4.69) is 10.2 Å². The molecule has 0 radical (unpaired) electrons. The maximum Gasteiger partial charge on any atom is 0.270 e. The Hall–Kier alpha value is -3.00. The lowest BCUT2D eigenvalue weighted by Crippen LogP contribution is -2.01. The molecular formula is C18H16N4O3S. The molecule has 0 saturated carbocycles. The zero-order valence-corrected chi connectivity index (χ0v) is 15.1. The maximum atomic E-state index is 11.9. The van der Waals surface area contributed by atoms with Crippen molar-refractivity contribution in [1.82, 2.24) is 14.8 Å². The largest absolute Gasteiger partial charge is 0.302 e. The summed E-state index contributed by atoms with van der Waals surface area (Å²) in [5.74, 6) is 0.504. The van der Waals surface area contributed by atoms with Crippen molar-refractivity contribution in [2.24, 2.45) is 0 Å². The Morgan fingerprint density at radius 3 is 2.54 bits per heavy atom. The Morgan fingerprint density at radius 1 is 1.19 bits per heavy atom. The van der Waals surface area contributed by atoms with Crippen LogP contribution in [0.2, 0.25) is 0 Å². The van der Waals surface area contributed by atoms with Gasteiger partial charge in [-0.05, 0) is 31.7 Å². The molecule has 0 fully saturated rings. The van der Waals surface area contributed by atoms with Crippen molar-refractivity contribution in [1.29, 1.82) is 0 Å². The van der Waals surface area contributed by atoms with Crippen molar-refractivity contribution in [2.75, 3.05) is 0 Å². The third kappa shape index (κ3) is 3.50. The first-order valence-corrected chi connectivity index (χ1v) is 8.78. The predicted molar refractivity (Wildman–Crippen MR) is 98.4 cm³/mol. The molecule has 1 aromatic heterocycles. The molecule has 0 atom stereocenters. The number of nitro benzene ring substituents is 1. The van der Waals surface area contributed by atoms with E-state index in [1.165, 1.54) is 30.8 Å². The van der Waals surface area contributed by atoms with E-state index in [-0.39, 0.29) is 11.5 Å². The molecule has 0 unspecified atom stereocenters. The van der Waals surface area contributed by atoms with Crippen LogP contribution < -0.4 is 0 Å². The van der Waals surface area contributed by atoms with E-state index < -0.39 is 4.92 Å². The van der Waals surface area contributed by atoms with Gasteiger partial charge in [0, 0.05) is 34.7 Å². The van der Waals surface area contributed by atoms with Crippen LogP contribution in [-0.2, 0) is 6.54 Å². The van der Waals surface area contributed by atoms with E-state index in [9.17, 15) is 14.9 Å². The summed E-state index contributed by atoms with van der Waals surface area (Å²) in [6.45, 7) is 4.03. The fourth-order valence-corrected chi connectivity index (χ4v) is 3.60. The van der Waals surface area contributed by atoms with Crippen molar-refractivity contribution >= 4 is 23.2 Å². The molecule has 7 nitrogen and oxygen atoms in total. The molecule has 0 aliphatic carbocycles. The van der Waals surface area contributed by atoms with Crippen LogP contribution in [0.25, 0.3) is 11.4 Å². The summed E-state index contributed by atoms with van der Waals surface area (Å²) >= 11 is 1.28. The van der Waals surface area contributed by atoms with E-state index in [1.54, 1.807) is 6.07 Å². The summed E-state index contributed by atoms with van der Waals surface area (Å²) in [5, 5.41) is 20.1. The Kier molecular flexibility index (Phi) is 5.13. The number of hydrogen-bond donors (Lipinski definition) is 0. The highest BCUT2D eigenvalue weighted by Crippen LogP contribution is 2.33. The van der Waals surface area contributed by atoms with Gasteiger partial charge in [-0.3, -0.25) is 14.9 Å². The second-order valence-corrected chi connectivity index (χ2v) is 6.52. The lowest BCUT2D eigenvalue weighted by atomic mass is 10.1. The summed E-state index contributed by atoms with van der Waals surface area (Å²) in [6.07, 6.45) is 0. The number of aromatic nitrogens is 3. The van der Waals surface area contributed by atoms with Crippen molar-refractivity contribution in [3.8, 4) is 11.4 Å². The van der Waals surface area contributed by atoms with Gasteiger partial charge < -0.3 is 4.57 Å². The van der Waals surface area contributed by atoms with Gasteiger partial charge in [0.15, 0.2) is 16.8 Å². The number of benzene rings is 2. The van der Waals surface area contributed by atoms with Gasteiger partial charge in [-0.2, -0.15) is 0 Å². The molecule has 2 aromatic carbocycles. The van der Waals surface area contributed by atoms with Crippen LogP contribution >= 0.6 is 11.8 Å². The highest BCUT2D eigenvalue weighted by Gasteiger charge is 2.19. The normalized spacial score (nSPS) is 10.7. The van der Waals surface area contributed by atoms with Gasteiger partial charge in [-0.25, -0.2) is 0 Å². The van der Waals surface area contributed by atoms with Gasteiger partial charge in [0.25, 0.3) is 5.69 Å². The summed E-state index contributed by atoms with van der Waals surface area (Å²) in [4.78, 5) is 23.0. The number of nitrogens with zero attached hydrogens (tertiary/aromatic N) is 4. The fourth-order valence-electron chi connectivity index (χ4n) is 2.54. The van der Waals surface area contributed by atoms with Gasteiger partial charge in [0.05, 0.1) is 4.92 Å². The Morgan fingerprint density at radius 2 is 1.92 bits per heavy atom. The van der Waals surface area contributed by atoms with Crippen LogP contribution in [0.3, 0.4) is 0 Å². The van der Waals surface area contributed by atoms with Crippen LogP contribution in [-0.4, -0.2) is 25.5 Å². The van der Waals surface area contributed by atoms with Gasteiger partial charge >= 0.3 is 0 Å². The number of ketones is 1. The molecule has 0 aliphatic rings. The van der Waals surface area contributed by atoms with Crippen molar-refractivity contribution in [2.45, 2.75) is 30.4 Å². The first-order valence-electron chi connectivity index (χ1n) is 7.97. The topological polar surface area (TPSA) is 90.9 Å². The van der Waals surface area contributed by atoms with E-state index in [0.29, 0.717) is 22.2 Å². The quantitative estimate of drug-likeness (QED) is 0.367. The van der Waals surface area contributed by atoms with E-state index in [1.807, 2.05) is 41.8 Å². The first-order chi connectivity index (χ1) is 12.5. The molecule has 1 heterocycles. The average molecular weight is 368 g/mol. The summed E-state index contributed by atoms with van der Waals surface area (Å²) in [6, 6.07) is 14.0. The molecule has 0 bridgehead atoms. The third-order valence-corrected chi connectivity index (χ3v) is 4.88. The minimum absolute atomic E-state index is 0.110. The number of carbonyl (C=O) groups excluding carboxylic acids is 1. The number of non-ortho nitro benzene ring substituents is 1. The van der Waals surface area contributed by atoms with E-state index in [0.717, 1.165) is 11.4 Å². The second-order valence-electron chi connectivity index (χ2n) is 5.51. The zero-order chi connectivity index (χ0) is 18.7. The standard InChI is InChI=1S/C18H16N4O3S/c1-3-21-17(13-7-5-4-6-8-13)19-20-18(21)26-16-10-9-14(22(24)25)11-15(16)12(2)23/h4-11H,3H2,1-2H3.